The molecule has 2 aromatic carbocycles. The lowest BCUT2D eigenvalue weighted by Gasteiger charge is -2.08. The Bertz CT molecular complexity index is 757. The van der Waals surface area contributed by atoms with Crippen LogP contribution in [0.4, 0.5) is 5.69 Å². The lowest BCUT2D eigenvalue weighted by molar-refractivity contribution is -0.123. The monoisotopic (exact) mass is 388 g/mol. The van der Waals surface area contributed by atoms with E-state index >= 15 is 0 Å². The number of carbonyl (C=O) groups is 3. The van der Waals surface area contributed by atoms with E-state index in [9.17, 15) is 14.4 Å². The summed E-state index contributed by atoms with van der Waals surface area (Å²) < 4.78 is 0.857. The van der Waals surface area contributed by atoms with Gasteiger partial charge >= 0.3 is 0 Å². The second-order valence-electron chi connectivity index (χ2n) is 5.23. The first-order valence-corrected chi connectivity index (χ1v) is 8.16. The summed E-state index contributed by atoms with van der Waals surface area (Å²) in [5.41, 5.74) is 2.01. The van der Waals surface area contributed by atoms with Crippen molar-refractivity contribution in [3.63, 3.8) is 0 Å². The van der Waals surface area contributed by atoms with Crippen LogP contribution < -0.4 is 10.6 Å². The lowest BCUT2D eigenvalue weighted by Crippen LogP contribution is -2.33. The molecular formula is C18H17BrN2O3. The van der Waals surface area contributed by atoms with Gasteiger partial charge < -0.3 is 10.6 Å². The molecule has 6 heteroatoms. The second-order valence-corrected chi connectivity index (χ2v) is 6.08. The zero-order valence-electron chi connectivity index (χ0n) is 13.1. The van der Waals surface area contributed by atoms with Crippen molar-refractivity contribution < 1.29 is 14.4 Å². The van der Waals surface area contributed by atoms with Crippen LogP contribution in [0.25, 0.3) is 0 Å². The zero-order chi connectivity index (χ0) is 17.5. The normalized spacial score (nSPS) is 10.1. The average Bonchev–Trinajstić information content (AvgIpc) is 2.55. The molecule has 0 fully saturated rings. The Balaban J connectivity index is 1.81. The molecule has 0 atom stereocenters. The Morgan fingerprint density at radius 3 is 2.25 bits per heavy atom. The highest BCUT2D eigenvalue weighted by atomic mass is 79.9. The molecule has 124 valence electrons. The van der Waals surface area contributed by atoms with Gasteiger partial charge in [0.25, 0.3) is 0 Å². The van der Waals surface area contributed by atoms with Crippen molar-refractivity contribution in [1.29, 1.82) is 0 Å². The predicted octanol–water partition coefficient (Wildman–Crippen LogP) is 2.95. The molecule has 0 saturated heterocycles. The molecular weight excluding hydrogens is 372 g/mol. The number of benzene rings is 2. The lowest BCUT2D eigenvalue weighted by atomic mass is 10.1. The molecule has 0 spiro atoms. The molecule has 0 aliphatic carbocycles. The number of amides is 2. The minimum Gasteiger partial charge on any atom is -0.347 e. The van der Waals surface area contributed by atoms with Gasteiger partial charge in [-0.05, 0) is 42.8 Å². The van der Waals surface area contributed by atoms with Gasteiger partial charge in [0, 0.05) is 15.7 Å². The molecule has 0 bridgehead atoms. The molecule has 0 heterocycles. The van der Waals surface area contributed by atoms with Gasteiger partial charge in [0.2, 0.25) is 11.8 Å². The van der Waals surface area contributed by atoms with Gasteiger partial charge in [-0.1, -0.05) is 34.1 Å². The van der Waals surface area contributed by atoms with Crippen molar-refractivity contribution in [1.82, 2.24) is 5.32 Å². The molecule has 2 amide bonds. The summed E-state index contributed by atoms with van der Waals surface area (Å²) in [6.07, 6.45) is 0.196. The summed E-state index contributed by atoms with van der Waals surface area (Å²) in [6.45, 7) is 1.37. The second kappa shape index (κ2) is 8.40. The van der Waals surface area contributed by atoms with Crippen molar-refractivity contribution in [3.8, 4) is 0 Å². The number of carbonyl (C=O) groups excluding carboxylic acids is 3. The van der Waals surface area contributed by atoms with Gasteiger partial charge in [0.1, 0.15) is 0 Å². The number of rotatable bonds is 6. The zero-order valence-corrected chi connectivity index (χ0v) is 14.7. The minimum absolute atomic E-state index is 0.0350. The maximum atomic E-state index is 11.9. The third-order valence-electron chi connectivity index (χ3n) is 3.33. The first kappa shape index (κ1) is 17.9. The van der Waals surface area contributed by atoms with E-state index in [2.05, 4.69) is 26.6 Å². The maximum Gasteiger partial charge on any atom is 0.243 e. The number of anilines is 1. The quantitative estimate of drug-likeness (QED) is 0.746. The van der Waals surface area contributed by atoms with Crippen LogP contribution in [-0.2, 0) is 16.0 Å². The molecule has 0 unspecified atom stereocenters. The van der Waals surface area contributed by atoms with E-state index in [0.29, 0.717) is 11.3 Å². The standard InChI is InChI=1S/C18H17BrN2O3/c1-12(22)13-6-8-15(9-7-13)21-18(24)11-20-17(23)10-14-4-2-3-5-16(14)19/h2-9H,10-11H2,1H3,(H,20,23)(H,21,24). The van der Waals surface area contributed by atoms with Crippen molar-refractivity contribution >= 4 is 39.2 Å². The fourth-order valence-electron chi connectivity index (χ4n) is 2.05. The minimum atomic E-state index is -0.328. The topological polar surface area (TPSA) is 75.3 Å². The van der Waals surface area contributed by atoms with E-state index in [0.717, 1.165) is 10.0 Å². The van der Waals surface area contributed by atoms with Crippen molar-refractivity contribution in [2.75, 3.05) is 11.9 Å². The summed E-state index contributed by atoms with van der Waals surface area (Å²) in [7, 11) is 0. The fourth-order valence-corrected chi connectivity index (χ4v) is 2.47. The number of nitrogens with one attached hydrogen (secondary N) is 2. The van der Waals surface area contributed by atoms with Crippen LogP contribution in [0.1, 0.15) is 22.8 Å². The van der Waals surface area contributed by atoms with Gasteiger partial charge in [-0.25, -0.2) is 0 Å². The van der Waals surface area contributed by atoms with Gasteiger partial charge in [0.15, 0.2) is 5.78 Å². The predicted molar refractivity (Wildman–Crippen MR) is 95.9 cm³/mol. The van der Waals surface area contributed by atoms with Gasteiger partial charge in [-0.2, -0.15) is 0 Å². The molecule has 24 heavy (non-hydrogen) atoms. The molecule has 0 aromatic heterocycles. The van der Waals surface area contributed by atoms with Crippen LogP contribution in [0.5, 0.6) is 0 Å². The van der Waals surface area contributed by atoms with E-state index in [1.165, 1.54) is 6.92 Å². The highest BCUT2D eigenvalue weighted by molar-refractivity contribution is 9.10. The summed E-state index contributed by atoms with van der Waals surface area (Å²) in [5, 5.41) is 5.25. The van der Waals surface area contributed by atoms with Crippen LogP contribution in [0.15, 0.2) is 53.0 Å². The average molecular weight is 389 g/mol. The van der Waals surface area contributed by atoms with Gasteiger partial charge in [0.05, 0.1) is 13.0 Å². The molecule has 2 aromatic rings. The van der Waals surface area contributed by atoms with Crippen LogP contribution >= 0.6 is 15.9 Å². The van der Waals surface area contributed by atoms with Crippen molar-refractivity contribution in [2.45, 2.75) is 13.3 Å². The SMILES string of the molecule is CC(=O)c1ccc(NC(=O)CNC(=O)Cc2ccccc2Br)cc1. The molecule has 2 N–H and O–H groups in total. The Morgan fingerprint density at radius 1 is 0.958 bits per heavy atom. The van der Waals surface area contributed by atoms with E-state index in [1.54, 1.807) is 24.3 Å². The Labute approximate surface area is 148 Å². The first-order valence-electron chi connectivity index (χ1n) is 7.36. The van der Waals surface area contributed by atoms with Gasteiger partial charge in [-0.15, -0.1) is 0 Å². The van der Waals surface area contributed by atoms with E-state index in [-0.39, 0.29) is 30.6 Å². The third kappa shape index (κ3) is 5.31. The van der Waals surface area contributed by atoms with E-state index in [4.69, 9.17) is 0 Å². The van der Waals surface area contributed by atoms with E-state index < -0.39 is 0 Å². The molecule has 2 rings (SSSR count). The summed E-state index contributed by atoms with van der Waals surface area (Å²) in [5.74, 6) is -0.595. The Morgan fingerprint density at radius 2 is 1.62 bits per heavy atom. The van der Waals surface area contributed by atoms with E-state index in [1.807, 2.05) is 24.3 Å². The number of hydrogen-bond donors (Lipinski definition) is 2. The van der Waals surface area contributed by atoms with Crippen LogP contribution in [0, 0.1) is 0 Å². The summed E-state index contributed by atoms with van der Waals surface area (Å²) in [6, 6.07) is 14.0. The molecule has 0 radical (unpaired) electrons. The van der Waals surface area contributed by atoms with Gasteiger partial charge in [-0.3, -0.25) is 14.4 Å². The first-order chi connectivity index (χ1) is 11.5. The molecule has 0 saturated carbocycles. The summed E-state index contributed by atoms with van der Waals surface area (Å²) in [4.78, 5) is 34.9. The number of ketones is 1. The Hall–Kier alpha value is -2.47. The van der Waals surface area contributed by atoms with Crippen LogP contribution in [0.3, 0.4) is 0 Å². The smallest absolute Gasteiger partial charge is 0.243 e. The summed E-state index contributed by atoms with van der Waals surface area (Å²) >= 11 is 3.38. The van der Waals surface area contributed by atoms with Crippen molar-refractivity contribution in [3.05, 3.63) is 64.1 Å². The highest BCUT2D eigenvalue weighted by Crippen LogP contribution is 2.16. The molecule has 5 nitrogen and oxygen atoms in total. The number of halogens is 1. The number of Topliss-reactive ketones (excluding diaryl/α,β-unsaturated/α-hetero) is 1. The molecule has 0 aliphatic heterocycles. The van der Waals surface area contributed by atoms with Crippen molar-refractivity contribution in [2.24, 2.45) is 0 Å². The third-order valence-corrected chi connectivity index (χ3v) is 4.10. The Kier molecular flexibility index (Phi) is 6.26. The van der Waals surface area contributed by atoms with Crippen LogP contribution in [-0.4, -0.2) is 24.1 Å². The molecule has 0 aliphatic rings. The maximum absolute atomic E-state index is 11.9. The fraction of sp³-hybridized carbons (Fsp3) is 0.167. The largest absolute Gasteiger partial charge is 0.347 e. The highest BCUT2D eigenvalue weighted by Gasteiger charge is 2.09. The number of hydrogen-bond acceptors (Lipinski definition) is 3. The van der Waals surface area contributed by atoms with Crippen LogP contribution in [0.2, 0.25) is 0 Å².